The fraction of sp³-hybridized carbons (Fsp3) is 0.174. The van der Waals surface area contributed by atoms with Crippen LogP contribution in [0.25, 0.3) is 11.1 Å². The first kappa shape index (κ1) is 21.1. The van der Waals surface area contributed by atoms with Crippen molar-refractivity contribution in [3.05, 3.63) is 83.4 Å². The number of ether oxygens (including phenoxy) is 1. The first-order valence-corrected chi connectivity index (χ1v) is 11.4. The van der Waals surface area contributed by atoms with Crippen molar-refractivity contribution in [2.45, 2.75) is 18.0 Å². The lowest BCUT2D eigenvalue weighted by Crippen LogP contribution is -2.32. The van der Waals surface area contributed by atoms with E-state index in [1.807, 2.05) is 12.1 Å². The fourth-order valence-corrected chi connectivity index (χ4v) is 4.19. The van der Waals surface area contributed by atoms with Gasteiger partial charge in [0.25, 0.3) is 5.91 Å². The van der Waals surface area contributed by atoms with Gasteiger partial charge in [-0.1, -0.05) is 18.2 Å². The van der Waals surface area contributed by atoms with E-state index in [0.29, 0.717) is 11.3 Å². The summed E-state index contributed by atoms with van der Waals surface area (Å²) in [7, 11) is -3.29. The summed E-state index contributed by atoms with van der Waals surface area (Å²) in [6, 6.07) is 15.1. The number of benzene rings is 3. The zero-order chi connectivity index (χ0) is 22.2. The SMILES string of the molecule is CS(=O)(=O)c1ccc(-c2ccc3c(c2)COCC(=O)N3Cc2cc(F)cc(F)c2)cc1. The molecule has 160 valence electrons. The number of fused-ring (bicyclic) bond motifs is 1. The number of rotatable bonds is 4. The molecule has 3 aromatic carbocycles. The van der Waals surface area contributed by atoms with Crippen molar-refractivity contribution >= 4 is 21.4 Å². The summed E-state index contributed by atoms with van der Waals surface area (Å²) < 4.78 is 56.0. The van der Waals surface area contributed by atoms with Gasteiger partial charge in [0.1, 0.15) is 18.2 Å². The molecule has 0 spiro atoms. The Bertz CT molecular complexity index is 1240. The van der Waals surface area contributed by atoms with Gasteiger partial charge in [-0.25, -0.2) is 17.2 Å². The Morgan fingerprint density at radius 2 is 1.55 bits per heavy atom. The van der Waals surface area contributed by atoms with Crippen molar-refractivity contribution < 1.29 is 26.7 Å². The van der Waals surface area contributed by atoms with E-state index in [4.69, 9.17) is 4.74 Å². The molecule has 0 N–H and O–H groups in total. The number of anilines is 1. The average molecular weight is 443 g/mol. The zero-order valence-electron chi connectivity index (χ0n) is 16.6. The second kappa shape index (κ2) is 8.20. The minimum absolute atomic E-state index is 0.00623. The summed E-state index contributed by atoms with van der Waals surface area (Å²) in [5.41, 5.74) is 3.31. The molecule has 0 aromatic heterocycles. The smallest absolute Gasteiger partial charge is 0.253 e. The number of nitrogens with zero attached hydrogens (tertiary/aromatic N) is 1. The molecule has 0 fully saturated rings. The highest BCUT2D eigenvalue weighted by Crippen LogP contribution is 2.31. The van der Waals surface area contributed by atoms with Crippen molar-refractivity contribution in [2.75, 3.05) is 17.8 Å². The summed E-state index contributed by atoms with van der Waals surface area (Å²) in [6.07, 6.45) is 1.15. The predicted molar refractivity (Wildman–Crippen MR) is 112 cm³/mol. The van der Waals surface area contributed by atoms with E-state index < -0.39 is 21.5 Å². The van der Waals surface area contributed by atoms with Gasteiger partial charge in [-0.2, -0.15) is 0 Å². The van der Waals surface area contributed by atoms with E-state index in [1.165, 1.54) is 17.0 Å². The summed E-state index contributed by atoms with van der Waals surface area (Å²) >= 11 is 0. The maximum atomic E-state index is 13.6. The Labute approximate surface area is 178 Å². The minimum Gasteiger partial charge on any atom is -0.367 e. The van der Waals surface area contributed by atoms with Gasteiger partial charge in [-0.3, -0.25) is 4.79 Å². The molecule has 8 heteroatoms. The molecule has 5 nitrogen and oxygen atoms in total. The lowest BCUT2D eigenvalue weighted by Gasteiger charge is -2.23. The van der Waals surface area contributed by atoms with Crippen molar-refractivity contribution in [3.8, 4) is 11.1 Å². The standard InChI is InChI=1S/C23H19F2NO4S/c1-31(28,29)21-5-2-16(3-6-21)17-4-7-22-18(10-17)13-30-14-23(27)26(22)12-15-8-19(24)11-20(25)9-15/h2-11H,12-14H2,1H3. The van der Waals surface area contributed by atoms with E-state index in [2.05, 4.69) is 0 Å². The molecular weight excluding hydrogens is 424 g/mol. The van der Waals surface area contributed by atoms with Crippen LogP contribution in [0, 0.1) is 11.6 Å². The molecule has 1 amide bonds. The lowest BCUT2D eigenvalue weighted by atomic mass is 10.0. The van der Waals surface area contributed by atoms with Crippen molar-refractivity contribution in [3.63, 3.8) is 0 Å². The van der Waals surface area contributed by atoms with Crippen molar-refractivity contribution in [1.29, 1.82) is 0 Å². The van der Waals surface area contributed by atoms with Crippen molar-refractivity contribution in [1.82, 2.24) is 0 Å². The lowest BCUT2D eigenvalue weighted by molar-refractivity contribution is -0.123. The largest absolute Gasteiger partial charge is 0.367 e. The van der Waals surface area contributed by atoms with Gasteiger partial charge < -0.3 is 9.64 Å². The summed E-state index contributed by atoms with van der Waals surface area (Å²) in [5, 5.41) is 0. The van der Waals surface area contributed by atoms with Gasteiger partial charge in [0.15, 0.2) is 9.84 Å². The summed E-state index contributed by atoms with van der Waals surface area (Å²) in [4.78, 5) is 14.3. The van der Waals surface area contributed by atoms with Crippen LogP contribution in [0.2, 0.25) is 0 Å². The van der Waals surface area contributed by atoms with Crippen molar-refractivity contribution in [2.24, 2.45) is 0 Å². The molecule has 0 unspecified atom stereocenters. The molecule has 3 aromatic rings. The van der Waals surface area contributed by atoms with E-state index in [0.717, 1.165) is 29.0 Å². The quantitative estimate of drug-likeness (QED) is 0.609. The molecule has 1 heterocycles. The van der Waals surface area contributed by atoms with E-state index >= 15 is 0 Å². The molecular formula is C23H19F2NO4S. The number of halogens is 2. The highest BCUT2D eigenvalue weighted by Gasteiger charge is 2.24. The monoisotopic (exact) mass is 443 g/mol. The molecule has 0 saturated carbocycles. The molecule has 0 radical (unpaired) electrons. The molecule has 4 rings (SSSR count). The first-order valence-electron chi connectivity index (χ1n) is 9.47. The summed E-state index contributed by atoms with van der Waals surface area (Å²) in [6.45, 7) is 0.0570. The van der Waals surface area contributed by atoms with Crippen LogP contribution in [0.15, 0.2) is 65.6 Å². The number of carbonyl (C=O) groups excluding carboxylic acids is 1. The first-order chi connectivity index (χ1) is 14.7. The van der Waals surface area contributed by atoms with Crippen LogP contribution in [-0.4, -0.2) is 27.2 Å². The Morgan fingerprint density at radius 1 is 0.903 bits per heavy atom. The van der Waals surface area contributed by atoms with E-state index in [-0.39, 0.29) is 30.6 Å². The number of hydrogen-bond acceptors (Lipinski definition) is 4. The van der Waals surface area contributed by atoms with Crippen LogP contribution in [-0.2, 0) is 32.5 Å². The van der Waals surface area contributed by atoms with Gasteiger partial charge in [0.05, 0.1) is 18.0 Å². The Morgan fingerprint density at radius 3 is 2.19 bits per heavy atom. The van der Waals surface area contributed by atoms with Crippen LogP contribution in [0.5, 0.6) is 0 Å². The summed E-state index contributed by atoms with van der Waals surface area (Å²) in [5.74, 6) is -1.73. The van der Waals surface area contributed by atoms with E-state index in [1.54, 1.807) is 30.3 Å². The second-order valence-electron chi connectivity index (χ2n) is 7.39. The van der Waals surface area contributed by atoms with Crippen LogP contribution in [0.3, 0.4) is 0 Å². The number of hydrogen-bond donors (Lipinski definition) is 0. The average Bonchev–Trinajstić information content (AvgIpc) is 2.85. The van der Waals surface area contributed by atoms with Gasteiger partial charge in [-0.15, -0.1) is 0 Å². The molecule has 0 saturated heterocycles. The van der Waals surface area contributed by atoms with Crippen LogP contribution >= 0.6 is 0 Å². The van der Waals surface area contributed by atoms with E-state index in [9.17, 15) is 22.0 Å². The normalized spacial score (nSPS) is 14.3. The van der Waals surface area contributed by atoms with Gasteiger partial charge in [-0.05, 0) is 53.1 Å². The van der Waals surface area contributed by atoms with Gasteiger partial charge in [0, 0.05) is 23.6 Å². The number of carbonyl (C=O) groups is 1. The third-order valence-corrected chi connectivity index (χ3v) is 6.16. The van der Waals surface area contributed by atoms with Crippen LogP contribution in [0.1, 0.15) is 11.1 Å². The molecule has 1 aliphatic heterocycles. The zero-order valence-corrected chi connectivity index (χ0v) is 17.5. The predicted octanol–water partition coefficient (Wildman–Crippen LogP) is 4.10. The Kier molecular flexibility index (Phi) is 5.60. The fourth-order valence-electron chi connectivity index (χ4n) is 3.56. The third-order valence-electron chi connectivity index (χ3n) is 5.03. The topological polar surface area (TPSA) is 63.7 Å². The third kappa shape index (κ3) is 4.65. The molecule has 0 aliphatic carbocycles. The maximum Gasteiger partial charge on any atom is 0.253 e. The molecule has 0 bridgehead atoms. The van der Waals surface area contributed by atoms with Crippen LogP contribution in [0.4, 0.5) is 14.5 Å². The molecule has 0 atom stereocenters. The van der Waals surface area contributed by atoms with Gasteiger partial charge in [0.2, 0.25) is 0 Å². The number of sulfone groups is 1. The Hall–Kier alpha value is -3.10. The molecule has 31 heavy (non-hydrogen) atoms. The van der Waals surface area contributed by atoms with Gasteiger partial charge >= 0.3 is 0 Å². The highest BCUT2D eigenvalue weighted by molar-refractivity contribution is 7.90. The minimum atomic E-state index is -3.29. The second-order valence-corrected chi connectivity index (χ2v) is 9.41. The Balaban J connectivity index is 1.69. The number of amides is 1. The highest BCUT2D eigenvalue weighted by atomic mass is 32.2. The maximum absolute atomic E-state index is 13.6. The molecule has 1 aliphatic rings. The van der Waals surface area contributed by atoms with Crippen LogP contribution < -0.4 is 4.90 Å².